The molecule has 1 aromatic carbocycles. The molecule has 0 spiro atoms. The number of nitrogens with one attached hydrogen (secondary N) is 1. The molecule has 0 aliphatic carbocycles. The first-order chi connectivity index (χ1) is 8.74. The van der Waals surface area contributed by atoms with Gasteiger partial charge in [-0.15, -0.1) is 0 Å². The molecule has 3 nitrogen and oxygen atoms in total. The fraction of sp³-hybridized carbons (Fsp3) is 0.600. The van der Waals surface area contributed by atoms with Crippen molar-refractivity contribution in [3.63, 3.8) is 0 Å². The Morgan fingerprint density at radius 3 is 2.89 bits per heavy atom. The van der Waals surface area contributed by atoms with Crippen LogP contribution in [0.5, 0.6) is 5.75 Å². The fourth-order valence-electron chi connectivity index (χ4n) is 2.68. The van der Waals surface area contributed by atoms with E-state index in [4.69, 9.17) is 4.74 Å². The van der Waals surface area contributed by atoms with Crippen molar-refractivity contribution in [1.29, 1.82) is 0 Å². The third-order valence-corrected chi connectivity index (χ3v) is 3.76. The first-order valence-corrected chi connectivity index (χ1v) is 6.84. The Bertz CT molecular complexity index is 381. The van der Waals surface area contributed by atoms with E-state index in [-0.39, 0.29) is 0 Å². The second-order valence-electron chi connectivity index (χ2n) is 5.11. The minimum atomic E-state index is 0.572. The monoisotopic (exact) mass is 248 g/mol. The maximum atomic E-state index is 5.44. The second-order valence-corrected chi connectivity index (χ2v) is 5.11. The Morgan fingerprint density at radius 2 is 2.17 bits per heavy atom. The third kappa shape index (κ3) is 3.03. The molecule has 3 heteroatoms. The molecular weight excluding hydrogens is 224 g/mol. The summed E-state index contributed by atoms with van der Waals surface area (Å²) in [4.78, 5) is 2.57. The molecule has 18 heavy (non-hydrogen) atoms. The van der Waals surface area contributed by atoms with E-state index in [0.717, 1.165) is 25.4 Å². The molecule has 0 aromatic heterocycles. The van der Waals surface area contributed by atoms with Crippen molar-refractivity contribution in [3.05, 3.63) is 29.8 Å². The first kappa shape index (κ1) is 13.4. The largest absolute Gasteiger partial charge is 0.496 e. The highest BCUT2D eigenvalue weighted by Gasteiger charge is 2.24. The maximum absolute atomic E-state index is 5.44. The average Bonchev–Trinajstić information content (AvgIpc) is 2.40. The van der Waals surface area contributed by atoms with Crippen LogP contribution in [0.2, 0.25) is 0 Å². The molecule has 1 heterocycles. The van der Waals surface area contributed by atoms with Crippen molar-refractivity contribution < 1.29 is 4.74 Å². The van der Waals surface area contributed by atoms with Gasteiger partial charge in [0, 0.05) is 37.3 Å². The van der Waals surface area contributed by atoms with Crippen LogP contribution >= 0.6 is 0 Å². The highest BCUT2D eigenvalue weighted by atomic mass is 16.5. The van der Waals surface area contributed by atoms with Gasteiger partial charge in [-0.05, 0) is 19.4 Å². The molecule has 1 aromatic rings. The molecule has 2 unspecified atom stereocenters. The number of ether oxygens (including phenoxy) is 1. The van der Waals surface area contributed by atoms with E-state index in [9.17, 15) is 0 Å². The Kier molecular flexibility index (Phi) is 4.61. The van der Waals surface area contributed by atoms with Crippen molar-refractivity contribution in [1.82, 2.24) is 10.2 Å². The molecule has 2 atom stereocenters. The van der Waals surface area contributed by atoms with Crippen LogP contribution in [0.15, 0.2) is 24.3 Å². The number of hydrogen-bond acceptors (Lipinski definition) is 3. The summed E-state index contributed by atoms with van der Waals surface area (Å²) in [6.07, 6.45) is 1.19. The second kappa shape index (κ2) is 6.21. The molecule has 0 amide bonds. The predicted octanol–water partition coefficient (Wildman–Crippen LogP) is 2.27. The number of rotatable bonds is 4. The first-order valence-electron chi connectivity index (χ1n) is 6.84. The highest BCUT2D eigenvalue weighted by molar-refractivity contribution is 5.33. The molecule has 100 valence electrons. The van der Waals surface area contributed by atoms with Crippen LogP contribution in [0.4, 0.5) is 0 Å². The number of benzene rings is 1. The quantitative estimate of drug-likeness (QED) is 0.884. The summed E-state index contributed by atoms with van der Waals surface area (Å²) in [5.74, 6) is 0.999. The fourth-order valence-corrected chi connectivity index (χ4v) is 2.68. The number of hydrogen-bond donors (Lipinski definition) is 1. The van der Waals surface area contributed by atoms with E-state index in [0.29, 0.717) is 12.1 Å². The zero-order valence-electron chi connectivity index (χ0n) is 11.6. The van der Waals surface area contributed by atoms with Crippen LogP contribution in [0.1, 0.15) is 25.8 Å². The van der Waals surface area contributed by atoms with Gasteiger partial charge in [-0.3, -0.25) is 4.90 Å². The van der Waals surface area contributed by atoms with Gasteiger partial charge in [-0.1, -0.05) is 25.1 Å². The van der Waals surface area contributed by atoms with Gasteiger partial charge in [0.1, 0.15) is 5.75 Å². The standard InChI is InChI=1S/C15H24N2O/c1-4-14-9-16-12(2)10-17(14)11-13-7-5-6-8-15(13)18-3/h5-8,12,14,16H,4,9-11H2,1-3H3. The van der Waals surface area contributed by atoms with Crippen LogP contribution in [0.25, 0.3) is 0 Å². The lowest BCUT2D eigenvalue weighted by atomic mass is 10.1. The van der Waals surface area contributed by atoms with E-state index in [2.05, 4.69) is 36.2 Å². The number of para-hydroxylation sites is 1. The molecule has 1 aliphatic rings. The summed E-state index contributed by atoms with van der Waals surface area (Å²) >= 11 is 0. The van der Waals surface area contributed by atoms with Crippen molar-refractivity contribution in [2.45, 2.75) is 38.9 Å². The van der Waals surface area contributed by atoms with Gasteiger partial charge < -0.3 is 10.1 Å². The molecule has 0 radical (unpaired) electrons. The zero-order chi connectivity index (χ0) is 13.0. The van der Waals surface area contributed by atoms with E-state index >= 15 is 0 Å². The minimum absolute atomic E-state index is 0.572. The van der Waals surface area contributed by atoms with E-state index < -0.39 is 0 Å². The van der Waals surface area contributed by atoms with Gasteiger partial charge in [-0.2, -0.15) is 0 Å². The van der Waals surface area contributed by atoms with Crippen LogP contribution in [0, 0.1) is 0 Å². The lowest BCUT2D eigenvalue weighted by molar-refractivity contribution is 0.123. The molecule has 0 bridgehead atoms. The zero-order valence-corrected chi connectivity index (χ0v) is 11.6. The Hall–Kier alpha value is -1.06. The van der Waals surface area contributed by atoms with Gasteiger partial charge in [0.2, 0.25) is 0 Å². The minimum Gasteiger partial charge on any atom is -0.496 e. The number of nitrogens with zero attached hydrogens (tertiary/aromatic N) is 1. The Morgan fingerprint density at radius 1 is 1.39 bits per heavy atom. The highest BCUT2D eigenvalue weighted by Crippen LogP contribution is 2.22. The van der Waals surface area contributed by atoms with Gasteiger partial charge in [0.05, 0.1) is 7.11 Å². The predicted molar refractivity (Wildman–Crippen MR) is 74.9 cm³/mol. The van der Waals surface area contributed by atoms with Crippen molar-refractivity contribution in [3.8, 4) is 5.75 Å². The van der Waals surface area contributed by atoms with Crippen molar-refractivity contribution >= 4 is 0 Å². The lowest BCUT2D eigenvalue weighted by Gasteiger charge is -2.39. The number of methoxy groups -OCH3 is 1. The summed E-state index contributed by atoms with van der Waals surface area (Å²) in [7, 11) is 1.75. The van der Waals surface area contributed by atoms with E-state index in [1.165, 1.54) is 12.0 Å². The van der Waals surface area contributed by atoms with Gasteiger partial charge in [0.15, 0.2) is 0 Å². The maximum Gasteiger partial charge on any atom is 0.123 e. The summed E-state index contributed by atoms with van der Waals surface area (Å²) in [5, 5.41) is 3.55. The van der Waals surface area contributed by atoms with E-state index in [1.54, 1.807) is 7.11 Å². The summed E-state index contributed by atoms with van der Waals surface area (Å²) in [6, 6.07) is 9.53. The number of piperazine rings is 1. The molecule has 0 saturated carbocycles. The third-order valence-electron chi connectivity index (χ3n) is 3.76. The van der Waals surface area contributed by atoms with Gasteiger partial charge in [-0.25, -0.2) is 0 Å². The molecule has 1 fully saturated rings. The summed E-state index contributed by atoms with van der Waals surface area (Å²) < 4.78 is 5.44. The molecule has 1 N–H and O–H groups in total. The van der Waals surface area contributed by atoms with Gasteiger partial charge in [0.25, 0.3) is 0 Å². The summed E-state index contributed by atoms with van der Waals surface area (Å²) in [5.41, 5.74) is 1.28. The lowest BCUT2D eigenvalue weighted by Crippen LogP contribution is -2.54. The summed E-state index contributed by atoms with van der Waals surface area (Å²) in [6.45, 7) is 7.69. The van der Waals surface area contributed by atoms with Crippen molar-refractivity contribution in [2.24, 2.45) is 0 Å². The Labute approximate surface area is 110 Å². The smallest absolute Gasteiger partial charge is 0.123 e. The van der Waals surface area contributed by atoms with Crippen LogP contribution in [0.3, 0.4) is 0 Å². The van der Waals surface area contributed by atoms with Crippen LogP contribution in [-0.2, 0) is 6.54 Å². The molecule has 1 saturated heterocycles. The normalized spacial score (nSPS) is 25.1. The topological polar surface area (TPSA) is 24.5 Å². The average molecular weight is 248 g/mol. The molecule has 2 rings (SSSR count). The van der Waals surface area contributed by atoms with Crippen LogP contribution in [-0.4, -0.2) is 37.2 Å². The Balaban J connectivity index is 2.10. The van der Waals surface area contributed by atoms with E-state index in [1.807, 2.05) is 12.1 Å². The van der Waals surface area contributed by atoms with Crippen molar-refractivity contribution in [2.75, 3.05) is 20.2 Å². The molecular formula is C15H24N2O. The molecule has 1 aliphatic heterocycles. The van der Waals surface area contributed by atoms with Gasteiger partial charge >= 0.3 is 0 Å². The SMILES string of the molecule is CCC1CNC(C)CN1Cc1ccccc1OC. The van der Waals surface area contributed by atoms with Crippen LogP contribution < -0.4 is 10.1 Å².